The van der Waals surface area contributed by atoms with Crippen LogP contribution >= 0.6 is 0 Å². The number of amides is 2. The van der Waals surface area contributed by atoms with Crippen LogP contribution in [0, 0.1) is 34.8 Å². The van der Waals surface area contributed by atoms with Gasteiger partial charge in [0, 0.05) is 43.6 Å². The molecule has 10 heteroatoms. The zero-order valence-electron chi connectivity index (χ0n) is 17.8. The summed E-state index contributed by atoms with van der Waals surface area (Å²) >= 11 is 0. The fraction of sp³-hybridized carbons (Fsp3) is 0.391. The number of nitriles is 1. The number of fused-ring (bicyclic) bond motifs is 1. The summed E-state index contributed by atoms with van der Waals surface area (Å²) in [6, 6.07) is 7.76. The molecule has 8 nitrogen and oxygen atoms in total. The lowest BCUT2D eigenvalue weighted by Gasteiger charge is -2.16. The number of cyclic esters (lactones) is 1. The van der Waals surface area contributed by atoms with Gasteiger partial charge in [0.15, 0.2) is 0 Å². The lowest BCUT2D eigenvalue weighted by molar-refractivity contribution is -0.119. The molecule has 170 valence electrons. The first-order chi connectivity index (χ1) is 15.8. The molecule has 1 aliphatic carbocycles. The fourth-order valence-electron chi connectivity index (χ4n) is 5.02. The van der Waals surface area contributed by atoms with Crippen LogP contribution in [0.3, 0.4) is 0 Å². The second-order valence-electron chi connectivity index (χ2n) is 8.62. The van der Waals surface area contributed by atoms with Crippen LogP contribution in [0.25, 0.3) is 11.1 Å². The van der Waals surface area contributed by atoms with E-state index in [-0.39, 0.29) is 47.6 Å². The van der Waals surface area contributed by atoms with Crippen molar-refractivity contribution < 1.29 is 23.1 Å². The number of hydrogen-bond donors (Lipinski definition) is 2. The van der Waals surface area contributed by atoms with Gasteiger partial charge in [-0.15, -0.1) is 0 Å². The topological polar surface area (TPSA) is 107 Å². The highest BCUT2D eigenvalue weighted by molar-refractivity contribution is 5.90. The molecule has 1 unspecified atom stereocenters. The number of ether oxygens (including phenoxy) is 1. The molecule has 1 aromatic heterocycles. The van der Waals surface area contributed by atoms with Crippen molar-refractivity contribution in [2.24, 2.45) is 11.8 Å². The van der Waals surface area contributed by atoms with Gasteiger partial charge in [0.1, 0.15) is 23.2 Å². The summed E-state index contributed by atoms with van der Waals surface area (Å²) in [5, 5.41) is 15.5. The highest BCUT2D eigenvalue weighted by atomic mass is 19.1. The van der Waals surface area contributed by atoms with Gasteiger partial charge < -0.3 is 15.4 Å². The molecule has 2 aromatic rings. The smallest absolute Gasteiger partial charge is 0.414 e. The van der Waals surface area contributed by atoms with Crippen LogP contribution in [0.4, 0.5) is 19.3 Å². The van der Waals surface area contributed by atoms with Gasteiger partial charge in [0.2, 0.25) is 5.91 Å². The van der Waals surface area contributed by atoms with Gasteiger partial charge >= 0.3 is 6.09 Å². The van der Waals surface area contributed by atoms with Crippen molar-refractivity contribution in [2.75, 3.05) is 31.1 Å². The Balaban J connectivity index is 1.37. The minimum absolute atomic E-state index is 0.0235. The SMILES string of the molecule is CC(=O)NC[C@@H]1CN(c2cc(F)c(-c3ccc(C4(C#N)[C@@H]5CNC[C@@H]54)nc3)c(F)c2)C(=O)O1. The first-order valence-corrected chi connectivity index (χ1v) is 10.7. The standard InChI is InChI=1S/C23H21F2N5O3/c1-12(31)28-7-15-10-30(22(32)33-15)14-4-18(24)21(19(25)5-14)13-2-3-20(29-6-13)23(11-26)16-8-27-9-17(16)23/h2-6,15-17,27H,7-10H2,1H3,(H,28,31)/t15-,16-,17+,23?/m1/s1. The van der Waals surface area contributed by atoms with Crippen molar-refractivity contribution in [3.63, 3.8) is 0 Å². The van der Waals surface area contributed by atoms with E-state index in [4.69, 9.17) is 4.74 Å². The Morgan fingerprint density at radius 3 is 2.61 bits per heavy atom. The summed E-state index contributed by atoms with van der Waals surface area (Å²) in [4.78, 5) is 28.7. The second-order valence-corrected chi connectivity index (χ2v) is 8.62. The Morgan fingerprint density at radius 2 is 2.03 bits per heavy atom. The minimum atomic E-state index is -0.847. The van der Waals surface area contributed by atoms with Gasteiger partial charge in [0.05, 0.1) is 36.1 Å². The highest BCUT2D eigenvalue weighted by Crippen LogP contribution is 2.60. The van der Waals surface area contributed by atoms with Crippen molar-refractivity contribution in [1.29, 1.82) is 5.26 Å². The monoisotopic (exact) mass is 453 g/mol. The van der Waals surface area contributed by atoms with Crippen molar-refractivity contribution in [1.82, 2.24) is 15.6 Å². The number of nitrogens with one attached hydrogen (secondary N) is 2. The quantitative estimate of drug-likeness (QED) is 0.718. The summed E-state index contributed by atoms with van der Waals surface area (Å²) in [7, 11) is 0. The predicted molar refractivity (Wildman–Crippen MR) is 113 cm³/mol. The maximum atomic E-state index is 15.0. The fourth-order valence-corrected chi connectivity index (χ4v) is 5.02. The van der Waals surface area contributed by atoms with Crippen molar-refractivity contribution >= 4 is 17.7 Å². The molecule has 0 bridgehead atoms. The van der Waals surface area contributed by atoms with E-state index >= 15 is 0 Å². The van der Waals surface area contributed by atoms with Gasteiger partial charge in [-0.2, -0.15) is 5.26 Å². The first-order valence-electron chi connectivity index (χ1n) is 10.7. The maximum Gasteiger partial charge on any atom is 0.414 e. The van der Waals surface area contributed by atoms with E-state index in [1.54, 1.807) is 12.1 Å². The van der Waals surface area contributed by atoms with E-state index in [9.17, 15) is 23.6 Å². The molecular formula is C23H21F2N5O3. The Kier molecular flexibility index (Phi) is 5.01. The number of carbonyl (C=O) groups excluding carboxylic acids is 2. The number of piperidine rings is 1. The van der Waals surface area contributed by atoms with E-state index in [1.807, 2.05) is 0 Å². The molecular weight excluding hydrogens is 432 g/mol. The zero-order chi connectivity index (χ0) is 23.3. The van der Waals surface area contributed by atoms with Gasteiger partial charge in [0.25, 0.3) is 0 Å². The van der Waals surface area contributed by atoms with Gasteiger partial charge in [-0.3, -0.25) is 14.7 Å². The average molecular weight is 453 g/mol. The number of carbonyl (C=O) groups is 2. The van der Waals surface area contributed by atoms with Crippen LogP contribution in [0.5, 0.6) is 0 Å². The molecule has 3 heterocycles. The molecule has 2 amide bonds. The van der Waals surface area contributed by atoms with E-state index in [2.05, 4.69) is 21.7 Å². The number of benzene rings is 1. The number of nitrogens with zero attached hydrogens (tertiary/aromatic N) is 3. The molecule has 0 spiro atoms. The van der Waals surface area contributed by atoms with E-state index in [0.29, 0.717) is 5.69 Å². The lowest BCUT2D eigenvalue weighted by atomic mass is 9.95. The maximum absolute atomic E-state index is 15.0. The van der Waals surface area contributed by atoms with E-state index < -0.39 is 29.2 Å². The van der Waals surface area contributed by atoms with Crippen molar-refractivity contribution in [3.05, 3.63) is 47.8 Å². The third kappa shape index (κ3) is 3.40. The summed E-state index contributed by atoms with van der Waals surface area (Å²) in [5.41, 5.74) is -0.00830. The van der Waals surface area contributed by atoms with Crippen LogP contribution in [0.1, 0.15) is 12.6 Å². The molecule has 0 radical (unpaired) electrons. The molecule has 2 N–H and O–H groups in total. The minimum Gasteiger partial charge on any atom is -0.442 e. The Bertz CT molecular complexity index is 1150. The number of halogens is 2. The molecule has 3 fully saturated rings. The van der Waals surface area contributed by atoms with Crippen molar-refractivity contribution in [2.45, 2.75) is 18.4 Å². The summed E-state index contributed by atoms with van der Waals surface area (Å²) in [6.07, 6.45) is 0.0210. The Morgan fingerprint density at radius 1 is 1.33 bits per heavy atom. The number of hydrogen-bond acceptors (Lipinski definition) is 6. The zero-order valence-corrected chi connectivity index (χ0v) is 17.8. The number of anilines is 1. The van der Waals surface area contributed by atoms with Crippen LogP contribution in [-0.2, 0) is 14.9 Å². The number of aromatic nitrogens is 1. The third-order valence-electron chi connectivity index (χ3n) is 6.73. The predicted octanol–water partition coefficient (Wildman–Crippen LogP) is 2.10. The molecule has 1 aromatic carbocycles. The molecule has 2 aliphatic heterocycles. The summed E-state index contributed by atoms with van der Waals surface area (Å²) in [5.74, 6) is -1.54. The lowest BCUT2D eigenvalue weighted by Crippen LogP contribution is -2.33. The van der Waals surface area contributed by atoms with Gasteiger partial charge in [-0.25, -0.2) is 13.6 Å². The Hall–Kier alpha value is -3.58. The average Bonchev–Trinajstić information content (AvgIpc) is 3.09. The number of pyridine rings is 1. The van der Waals surface area contributed by atoms with Crippen molar-refractivity contribution in [3.8, 4) is 17.2 Å². The first kappa shape index (κ1) is 21.3. The summed E-state index contributed by atoms with van der Waals surface area (Å²) in [6.45, 7) is 3.03. The van der Waals surface area contributed by atoms with Crippen LogP contribution in [0.15, 0.2) is 30.5 Å². The van der Waals surface area contributed by atoms with E-state index in [1.165, 1.54) is 13.1 Å². The normalized spacial score (nSPS) is 27.6. The molecule has 4 atom stereocenters. The van der Waals surface area contributed by atoms with Crippen LogP contribution in [0.2, 0.25) is 0 Å². The third-order valence-corrected chi connectivity index (χ3v) is 6.73. The largest absolute Gasteiger partial charge is 0.442 e. The van der Waals surface area contributed by atoms with Crippen LogP contribution in [-0.4, -0.2) is 49.3 Å². The molecule has 3 aliphatic rings. The molecule has 33 heavy (non-hydrogen) atoms. The molecule has 2 saturated heterocycles. The van der Waals surface area contributed by atoms with Crippen LogP contribution < -0.4 is 15.5 Å². The van der Waals surface area contributed by atoms with E-state index in [0.717, 1.165) is 30.1 Å². The Labute approximate surface area is 188 Å². The summed E-state index contributed by atoms with van der Waals surface area (Å²) < 4.78 is 35.1. The highest BCUT2D eigenvalue weighted by Gasteiger charge is 2.69. The van der Waals surface area contributed by atoms with Gasteiger partial charge in [-0.05, 0) is 18.2 Å². The second kappa shape index (κ2) is 7.78. The van der Waals surface area contributed by atoms with Gasteiger partial charge in [-0.1, -0.05) is 6.07 Å². The number of rotatable bonds is 5. The molecule has 5 rings (SSSR count). The molecule has 1 saturated carbocycles.